The number of aromatic nitrogens is 1. The molecule has 0 saturated heterocycles. The number of amidine groups is 1. The lowest BCUT2D eigenvalue weighted by Gasteiger charge is -2.19. The van der Waals surface area contributed by atoms with Gasteiger partial charge in [-0.15, -0.1) is 0 Å². The van der Waals surface area contributed by atoms with Gasteiger partial charge in [0.05, 0.1) is 12.2 Å². The van der Waals surface area contributed by atoms with Crippen LogP contribution in [0.1, 0.15) is 16.7 Å². The minimum absolute atomic E-state index is 0.596. The fourth-order valence-corrected chi connectivity index (χ4v) is 3.52. The molecule has 6 heteroatoms. The Kier molecular flexibility index (Phi) is 5.23. The highest BCUT2D eigenvalue weighted by Gasteiger charge is 2.21. The Hall–Kier alpha value is -2.63. The van der Waals surface area contributed by atoms with Crippen LogP contribution in [0.25, 0.3) is 0 Å². The van der Waals surface area contributed by atoms with E-state index >= 15 is 0 Å². The molecule has 134 valence electrons. The van der Waals surface area contributed by atoms with Crippen molar-refractivity contribution in [1.82, 2.24) is 9.99 Å². The standard InChI is InChI=1S/C21H17ClN4S/c1-27-21-24-19-7-3-2-6-18(19)20(16-8-10-17(22)11-9-16)25-26(21)14-15-5-4-12-23-13-15/h2-13H,14H2,1H3. The second kappa shape index (κ2) is 7.94. The van der Waals surface area contributed by atoms with Crippen LogP contribution in [-0.2, 0) is 6.54 Å². The first-order chi connectivity index (χ1) is 13.2. The molecule has 0 amide bonds. The van der Waals surface area contributed by atoms with Crippen LogP contribution >= 0.6 is 23.4 Å². The van der Waals surface area contributed by atoms with Gasteiger partial charge in [0.1, 0.15) is 5.71 Å². The average Bonchev–Trinajstić information content (AvgIpc) is 2.86. The van der Waals surface area contributed by atoms with E-state index in [2.05, 4.69) is 11.1 Å². The van der Waals surface area contributed by atoms with E-state index in [1.807, 2.05) is 72.1 Å². The molecule has 1 aromatic heterocycles. The largest absolute Gasteiger partial charge is 0.264 e. The summed E-state index contributed by atoms with van der Waals surface area (Å²) < 4.78 is 0. The molecular weight excluding hydrogens is 376 g/mol. The Morgan fingerprint density at radius 3 is 2.56 bits per heavy atom. The second-order valence-corrected chi connectivity index (χ2v) is 7.20. The Morgan fingerprint density at radius 2 is 1.81 bits per heavy atom. The summed E-state index contributed by atoms with van der Waals surface area (Å²) in [6.07, 6.45) is 5.64. The number of pyridine rings is 1. The molecule has 1 aliphatic heterocycles. The lowest BCUT2D eigenvalue weighted by Crippen LogP contribution is -2.24. The lowest BCUT2D eigenvalue weighted by atomic mass is 10.0. The molecule has 0 saturated carbocycles. The third-order valence-electron chi connectivity index (χ3n) is 4.17. The number of hydrazone groups is 1. The van der Waals surface area contributed by atoms with Crippen LogP contribution in [0.4, 0.5) is 5.69 Å². The summed E-state index contributed by atoms with van der Waals surface area (Å²) in [6, 6.07) is 19.8. The Labute approximate surface area is 167 Å². The number of hydrogen-bond acceptors (Lipinski definition) is 5. The fraction of sp³-hybridized carbons (Fsp3) is 0.0952. The van der Waals surface area contributed by atoms with Gasteiger partial charge in [-0.25, -0.2) is 10.0 Å². The topological polar surface area (TPSA) is 40.9 Å². The molecule has 1 aliphatic rings. The van der Waals surface area contributed by atoms with E-state index in [9.17, 15) is 0 Å². The van der Waals surface area contributed by atoms with E-state index in [4.69, 9.17) is 21.7 Å². The molecule has 4 rings (SSSR count). The van der Waals surface area contributed by atoms with Gasteiger partial charge in [0, 0.05) is 28.5 Å². The molecule has 4 nitrogen and oxygen atoms in total. The van der Waals surface area contributed by atoms with Crippen LogP contribution < -0.4 is 0 Å². The number of para-hydroxylation sites is 1. The Morgan fingerprint density at radius 1 is 1.00 bits per heavy atom. The van der Waals surface area contributed by atoms with Gasteiger partial charge in [0.25, 0.3) is 0 Å². The summed E-state index contributed by atoms with van der Waals surface area (Å²) in [7, 11) is 0. The minimum atomic E-state index is 0.596. The van der Waals surface area contributed by atoms with Crippen molar-refractivity contribution in [3.05, 3.63) is 94.8 Å². The average molecular weight is 393 g/mol. The number of rotatable bonds is 3. The number of fused-ring (bicyclic) bond motifs is 1. The molecule has 0 N–H and O–H groups in total. The van der Waals surface area contributed by atoms with Gasteiger partial charge in [-0.2, -0.15) is 5.10 Å². The first-order valence-electron chi connectivity index (χ1n) is 8.47. The van der Waals surface area contributed by atoms with Gasteiger partial charge in [0.15, 0.2) is 5.17 Å². The number of halogens is 1. The molecule has 2 aromatic carbocycles. The maximum atomic E-state index is 6.08. The third-order valence-corrected chi connectivity index (χ3v) is 5.09. The van der Waals surface area contributed by atoms with Crippen LogP contribution in [0.15, 0.2) is 83.2 Å². The van der Waals surface area contributed by atoms with Gasteiger partial charge >= 0.3 is 0 Å². The van der Waals surface area contributed by atoms with E-state index in [1.54, 1.807) is 18.0 Å². The van der Waals surface area contributed by atoms with Gasteiger partial charge < -0.3 is 0 Å². The molecule has 0 atom stereocenters. The normalized spacial score (nSPS) is 13.5. The first kappa shape index (κ1) is 17.8. The van der Waals surface area contributed by atoms with Crippen molar-refractivity contribution in [2.24, 2.45) is 10.1 Å². The zero-order chi connectivity index (χ0) is 18.6. The molecular formula is C21H17ClN4S. The fourth-order valence-electron chi connectivity index (χ4n) is 2.89. The zero-order valence-electron chi connectivity index (χ0n) is 14.7. The molecule has 0 unspecified atom stereocenters. The highest BCUT2D eigenvalue weighted by molar-refractivity contribution is 8.13. The van der Waals surface area contributed by atoms with Crippen LogP contribution in [0, 0.1) is 0 Å². The van der Waals surface area contributed by atoms with Crippen molar-refractivity contribution in [3.8, 4) is 0 Å². The maximum Gasteiger partial charge on any atom is 0.185 e. The van der Waals surface area contributed by atoms with Crippen LogP contribution in [0.5, 0.6) is 0 Å². The minimum Gasteiger partial charge on any atom is -0.264 e. The van der Waals surface area contributed by atoms with Gasteiger partial charge in [-0.05, 0) is 36.1 Å². The molecule has 3 aromatic rings. The SMILES string of the molecule is CSC1=Nc2ccccc2C(c2ccc(Cl)cc2)=NN1Cc1cccnc1. The summed E-state index contributed by atoms with van der Waals surface area (Å²) in [5.74, 6) is 0. The first-order valence-corrected chi connectivity index (χ1v) is 10.1. The van der Waals surface area contributed by atoms with E-state index < -0.39 is 0 Å². The Bertz CT molecular complexity index is 1000. The molecule has 0 bridgehead atoms. The predicted octanol–water partition coefficient (Wildman–Crippen LogP) is 5.35. The van der Waals surface area contributed by atoms with Gasteiger partial charge in [-0.1, -0.05) is 59.8 Å². The summed E-state index contributed by atoms with van der Waals surface area (Å²) >= 11 is 7.66. The number of thioether (sulfide) groups is 1. The molecule has 0 fully saturated rings. The van der Waals surface area contributed by atoms with Crippen molar-refractivity contribution in [2.75, 3.05) is 6.26 Å². The molecule has 2 heterocycles. The third kappa shape index (κ3) is 3.89. The van der Waals surface area contributed by atoms with Gasteiger partial charge in [0.2, 0.25) is 0 Å². The molecule has 0 radical (unpaired) electrons. The van der Waals surface area contributed by atoms with E-state index in [0.29, 0.717) is 11.6 Å². The second-order valence-electron chi connectivity index (χ2n) is 5.99. The van der Waals surface area contributed by atoms with Crippen LogP contribution in [-0.4, -0.2) is 27.1 Å². The van der Waals surface area contributed by atoms with Crippen molar-refractivity contribution >= 4 is 39.9 Å². The van der Waals surface area contributed by atoms with Crippen molar-refractivity contribution in [1.29, 1.82) is 0 Å². The van der Waals surface area contributed by atoms with Crippen molar-refractivity contribution in [3.63, 3.8) is 0 Å². The van der Waals surface area contributed by atoms with E-state index in [1.165, 1.54) is 0 Å². The number of hydrogen-bond donors (Lipinski definition) is 0. The molecule has 0 aliphatic carbocycles. The monoisotopic (exact) mass is 392 g/mol. The summed E-state index contributed by atoms with van der Waals surface area (Å²) in [5.41, 5.74) is 4.85. The summed E-state index contributed by atoms with van der Waals surface area (Å²) in [4.78, 5) is 9.09. The van der Waals surface area contributed by atoms with Crippen molar-refractivity contribution in [2.45, 2.75) is 6.54 Å². The quantitative estimate of drug-likeness (QED) is 0.603. The van der Waals surface area contributed by atoms with E-state index in [0.717, 1.165) is 33.3 Å². The smallest absolute Gasteiger partial charge is 0.185 e. The number of aliphatic imine (C=N–C) groups is 1. The van der Waals surface area contributed by atoms with Crippen LogP contribution in [0.3, 0.4) is 0 Å². The van der Waals surface area contributed by atoms with E-state index in [-0.39, 0.29) is 0 Å². The lowest BCUT2D eigenvalue weighted by molar-refractivity contribution is 0.449. The summed E-state index contributed by atoms with van der Waals surface area (Å²) in [6.45, 7) is 0.596. The number of benzene rings is 2. The predicted molar refractivity (Wildman–Crippen MR) is 114 cm³/mol. The zero-order valence-corrected chi connectivity index (χ0v) is 16.3. The molecule has 0 spiro atoms. The van der Waals surface area contributed by atoms with Crippen LogP contribution in [0.2, 0.25) is 5.02 Å². The van der Waals surface area contributed by atoms with Gasteiger partial charge in [-0.3, -0.25) is 4.98 Å². The number of nitrogens with zero attached hydrogens (tertiary/aromatic N) is 4. The maximum absolute atomic E-state index is 6.08. The Balaban J connectivity index is 1.85. The van der Waals surface area contributed by atoms with Crippen molar-refractivity contribution < 1.29 is 0 Å². The molecule has 27 heavy (non-hydrogen) atoms. The highest BCUT2D eigenvalue weighted by Crippen LogP contribution is 2.29. The summed E-state index contributed by atoms with van der Waals surface area (Å²) in [5, 5.41) is 8.47. The highest BCUT2D eigenvalue weighted by atomic mass is 35.5.